The summed E-state index contributed by atoms with van der Waals surface area (Å²) >= 11 is 0. The second kappa shape index (κ2) is 10.6. The van der Waals surface area contributed by atoms with Crippen LogP contribution in [0.2, 0.25) is 0 Å². The Morgan fingerprint density at radius 3 is 2.72 bits per heavy atom. The van der Waals surface area contributed by atoms with Gasteiger partial charge in [-0.2, -0.15) is 8.42 Å². The van der Waals surface area contributed by atoms with Crippen LogP contribution < -0.4 is 13.8 Å². The smallest absolute Gasteiger partial charge is 0.323 e. The summed E-state index contributed by atoms with van der Waals surface area (Å²) in [6, 6.07) is 8.15. The van der Waals surface area contributed by atoms with Crippen molar-refractivity contribution in [3.8, 4) is 5.75 Å². The lowest BCUT2D eigenvalue weighted by Gasteiger charge is -2.30. The van der Waals surface area contributed by atoms with Crippen molar-refractivity contribution in [3.05, 3.63) is 78.4 Å². The number of nitrogens with zero attached hydrogens (tertiary/aromatic N) is 2. The van der Waals surface area contributed by atoms with Crippen molar-refractivity contribution < 1.29 is 21.9 Å². The zero-order chi connectivity index (χ0) is 23.1. The van der Waals surface area contributed by atoms with Crippen LogP contribution in [0.3, 0.4) is 0 Å². The summed E-state index contributed by atoms with van der Waals surface area (Å²) in [4.78, 5) is 2.10. The number of fused-ring (bicyclic) bond motifs is 1. The molecule has 0 spiro atoms. The van der Waals surface area contributed by atoms with Gasteiger partial charge in [0.1, 0.15) is 12.4 Å². The molecular formula is C23H27F2N3O3S. The lowest BCUT2D eigenvalue weighted by molar-refractivity contribution is 0.360. The molecule has 0 aromatic heterocycles. The first-order valence-corrected chi connectivity index (χ1v) is 11.7. The number of hydrogen-bond acceptors (Lipinski definition) is 4. The van der Waals surface area contributed by atoms with Gasteiger partial charge in [-0.15, -0.1) is 6.58 Å². The van der Waals surface area contributed by atoms with E-state index in [2.05, 4.69) is 16.2 Å². The van der Waals surface area contributed by atoms with E-state index in [-0.39, 0.29) is 12.2 Å². The van der Waals surface area contributed by atoms with Crippen LogP contribution in [0.25, 0.3) is 0 Å². The Balaban J connectivity index is 1.67. The molecule has 9 heteroatoms. The second-order valence-corrected chi connectivity index (χ2v) is 9.09. The van der Waals surface area contributed by atoms with Crippen molar-refractivity contribution in [2.45, 2.75) is 12.8 Å². The summed E-state index contributed by atoms with van der Waals surface area (Å²) in [5, 5.41) is 0. The maximum absolute atomic E-state index is 13.5. The average molecular weight is 464 g/mol. The highest BCUT2D eigenvalue weighted by Crippen LogP contribution is 2.33. The van der Waals surface area contributed by atoms with E-state index in [0.717, 1.165) is 30.8 Å². The van der Waals surface area contributed by atoms with E-state index in [1.807, 2.05) is 31.3 Å². The third kappa shape index (κ3) is 6.08. The molecule has 1 aliphatic rings. The maximum atomic E-state index is 13.5. The number of nitrogens with one attached hydrogen (secondary N) is 1. The van der Waals surface area contributed by atoms with E-state index >= 15 is 0 Å². The monoisotopic (exact) mass is 463 g/mol. The number of halogens is 2. The molecule has 0 saturated carbocycles. The van der Waals surface area contributed by atoms with Crippen LogP contribution in [0.1, 0.15) is 12.0 Å². The molecule has 0 aliphatic carbocycles. The minimum Gasteiger partial charge on any atom is -0.490 e. The van der Waals surface area contributed by atoms with Crippen molar-refractivity contribution in [1.29, 1.82) is 0 Å². The van der Waals surface area contributed by atoms with Gasteiger partial charge in [-0.3, -0.25) is 13.9 Å². The number of hydrogen-bond donors (Lipinski definition) is 1. The van der Waals surface area contributed by atoms with E-state index in [9.17, 15) is 17.2 Å². The highest BCUT2D eigenvalue weighted by molar-refractivity contribution is 7.94. The molecule has 172 valence electrons. The van der Waals surface area contributed by atoms with Gasteiger partial charge < -0.3 is 4.74 Å². The third-order valence-corrected chi connectivity index (χ3v) is 6.41. The van der Waals surface area contributed by atoms with Crippen LogP contribution in [0, 0.1) is 11.6 Å². The molecule has 1 N–H and O–H groups in total. The molecule has 0 amide bonds. The summed E-state index contributed by atoms with van der Waals surface area (Å²) in [5.74, 6) is -1.50. The first kappa shape index (κ1) is 23.7. The van der Waals surface area contributed by atoms with Gasteiger partial charge in [0.25, 0.3) is 0 Å². The molecule has 3 rings (SSSR count). The highest BCUT2D eigenvalue weighted by Gasteiger charge is 2.28. The van der Waals surface area contributed by atoms with E-state index in [1.165, 1.54) is 10.4 Å². The van der Waals surface area contributed by atoms with Gasteiger partial charge in [0.05, 0.1) is 11.4 Å². The van der Waals surface area contributed by atoms with Crippen LogP contribution in [0.4, 0.5) is 20.2 Å². The van der Waals surface area contributed by atoms with E-state index in [1.54, 1.807) is 12.1 Å². The number of benzene rings is 2. The van der Waals surface area contributed by atoms with Gasteiger partial charge in [0.2, 0.25) is 0 Å². The van der Waals surface area contributed by atoms with Gasteiger partial charge >= 0.3 is 10.2 Å². The lowest BCUT2D eigenvalue weighted by atomic mass is 10.0. The molecular weight excluding hydrogens is 436 g/mol. The molecule has 1 aliphatic heterocycles. The fourth-order valence-corrected chi connectivity index (χ4v) is 4.75. The Bertz CT molecular complexity index is 1090. The largest absolute Gasteiger partial charge is 0.490 e. The molecule has 1 heterocycles. The predicted molar refractivity (Wildman–Crippen MR) is 123 cm³/mol. The molecule has 0 fully saturated rings. The van der Waals surface area contributed by atoms with Crippen LogP contribution >= 0.6 is 0 Å². The highest BCUT2D eigenvalue weighted by atomic mass is 32.2. The third-order valence-electron chi connectivity index (χ3n) is 4.95. The summed E-state index contributed by atoms with van der Waals surface area (Å²) in [6.07, 6.45) is 7.13. The normalized spacial score (nSPS) is 13.9. The summed E-state index contributed by atoms with van der Waals surface area (Å²) < 4.78 is 61.7. The average Bonchev–Trinajstić information content (AvgIpc) is 2.75. The maximum Gasteiger partial charge on any atom is 0.323 e. The number of ether oxygens (including phenoxy) is 1. The predicted octanol–water partition coefficient (Wildman–Crippen LogP) is 4.13. The number of rotatable bonds is 10. The van der Waals surface area contributed by atoms with E-state index < -0.39 is 21.8 Å². The Morgan fingerprint density at radius 2 is 1.97 bits per heavy atom. The topological polar surface area (TPSA) is 61.9 Å². The molecule has 0 saturated heterocycles. The molecule has 32 heavy (non-hydrogen) atoms. The van der Waals surface area contributed by atoms with Gasteiger partial charge in [-0.25, -0.2) is 8.78 Å². The first-order chi connectivity index (χ1) is 15.3. The first-order valence-electron chi connectivity index (χ1n) is 10.3. The molecule has 6 nitrogen and oxygen atoms in total. The van der Waals surface area contributed by atoms with Crippen molar-refractivity contribution in [2.24, 2.45) is 0 Å². The van der Waals surface area contributed by atoms with Gasteiger partial charge in [0.15, 0.2) is 11.6 Å². The molecule has 2 aromatic rings. The van der Waals surface area contributed by atoms with Gasteiger partial charge in [-0.1, -0.05) is 18.2 Å². The van der Waals surface area contributed by atoms with Gasteiger partial charge in [0, 0.05) is 25.7 Å². The van der Waals surface area contributed by atoms with Gasteiger partial charge in [-0.05, 0) is 55.8 Å². The van der Waals surface area contributed by atoms with Crippen molar-refractivity contribution in [1.82, 2.24) is 4.90 Å². The molecule has 0 unspecified atom stereocenters. The molecule has 2 aromatic carbocycles. The van der Waals surface area contributed by atoms with E-state index in [0.29, 0.717) is 30.9 Å². The molecule has 0 bridgehead atoms. The van der Waals surface area contributed by atoms with Crippen LogP contribution in [0.5, 0.6) is 5.75 Å². The standard InChI is InChI=1S/C23H27F2N3O3S/c1-3-12-27(2)13-4-5-15-31-20-9-11-23-18(16-20)7-6-14-28(23)32(29,30)26-19-8-10-21(24)22(25)17-19/h3-5,8-11,16-17,26H,1,6-7,12-15H2,2H3. The Labute approximate surface area is 188 Å². The van der Waals surface area contributed by atoms with Crippen LogP contribution in [0.15, 0.2) is 61.2 Å². The van der Waals surface area contributed by atoms with Crippen LogP contribution in [-0.4, -0.2) is 46.6 Å². The Morgan fingerprint density at radius 1 is 1.16 bits per heavy atom. The zero-order valence-corrected chi connectivity index (χ0v) is 18.7. The quantitative estimate of drug-likeness (QED) is 0.539. The van der Waals surface area contributed by atoms with E-state index in [4.69, 9.17) is 4.74 Å². The zero-order valence-electron chi connectivity index (χ0n) is 17.9. The Hall–Kier alpha value is -2.91. The van der Waals surface area contributed by atoms with Crippen molar-refractivity contribution >= 4 is 21.6 Å². The minimum atomic E-state index is -4.00. The molecule has 0 radical (unpaired) electrons. The second-order valence-electron chi connectivity index (χ2n) is 7.49. The number of aryl methyl sites for hydroxylation is 1. The summed E-state index contributed by atoms with van der Waals surface area (Å²) in [7, 11) is -2.00. The van der Waals surface area contributed by atoms with Crippen molar-refractivity contribution in [3.63, 3.8) is 0 Å². The number of anilines is 2. The lowest BCUT2D eigenvalue weighted by Crippen LogP contribution is -2.39. The fraction of sp³-hybridized carbons (Fsp3) is 0.304. The van der Waals surface area contributed by atoms with Crippen molar-refractivity contribution in [2.75, 3.05) is 42.3 Å². The summed E-state index contributed by atoms with van der Waals surface area (Å²) in [6.45, 7) is 5.99. The SMILES string of the molecule is C=CCN(C)CC=CCOc1ccc2c(c1)CCCN2S(=O)(=O)Nc1ccc(F)c(F)c1. The fourth-order valence-electron chi connectivity index (χ4n) is 3.40. The minimum absolute atomic E-state index is 0.0403. The molecule has 0 atom stereocenters. The number of likely N-dealkylation sites (N-methyl/N-ethyl adjacent to an activating group) is 1. The van der Waals surface area contributed by atoms with Crippen LogP contribution in [-0.2, 0) is 16.6 Å². The Kier molecular flexibility index (Phi) is 7.87. The summed E-state index contributed by atoms with van der Waals surface area (Å²) in [5.41, 5.74) is 1.35.